The zero-order valence-corrected chi connectivity index (χ0v) is 20.6. The van der Waals surface area contributed by atoms with E-state index in [1.54, 1.807) is 12.1 Å². The molecule has 4 heteroatoms. The van der Waals surface area contributed by atoms with Gasteiger partial charge in [-0.05, 0) is 97.7 Å². The molecular weight excluding hydrogens is 424 g/mol. The van der Waals surface area contributed by atoms with Crippen LogP contribution in [0.5, 0.6) is 0 Å². The molecule has 0 saturated carbocycles. The van der Waals surface area contributed by atoms with E-state index in [9.17, 15) is 19.8 Å². The lowest BCUT2D eigenvalue weighted by molar-refractivity contribution is 0.0696. The molecule has 0 unspecified atom stereocenters. The maximum atomic E-state index is 12.8. The Morgan fingerprint density at radius 1 is 0.618 bits per heavy atom. The first kappa shape index (κ1) is 24.7. The zero-order valence-electron chi connectivity index (χ0n) is 20.6. The van der Waals surface area contributed by atoms with Gasteiger partial charge in [-0.3, -0.25) is 0 Å². The topological polar surface area (TPSA) is 74.6 Å². The normalized spacial score (nSPS) is 10.8. The van der Waals surface area contributed by atoms with E-state index in [0.29, 0.717) is 16.7 Å². The lowest BCUT2D eigenvalue weighted by Gasteiger charge is -2.22. The van der Waals surface area contributed by atoms with Crippen molar-refractivity contribution in [1.29, 1.82) is 0 Å². The highest BCUT2D eigenvalue weighted by Crippen LogP contribution is 2.42. The molecule has 3 aromatic carbocycles. The summed E-state index contributed by atoms with van der Waals surface area (Å²) in [6, 6.07) is 10.6. The van der Waals surface area contributed by atoms with Crippen LogP contribution in [0.2, 0.25) is 0 Å². The summed E-state index contributed by atoms with van der Waals surface area (Å²) in [6.45, 7) is 19.8. The monoisotopic (exact) mass is 454 g/mol. The van der Waals surface area contributed by atoms with Crippen molar-refractivity contribution < 1.29 is 19.8 Å². The highest BCUT2D eigenvalue weighted by atomic mass is 16.4. The number of carboxylic acids is 2. The van der Waals surface area contributed by atoms with Gasteiger partial charge in [0, 0.05) is 5.56 Å². The molecule has 0 aliphatic heterocycles. The average molecular weight is 455 g/mol. The Morgan fingerprint density at radius 3 is 1.47 bits per heavy atom. The van der Waals surface area contributed by atoms with Crippen LogP contribution in [0, 0.1) is 27.7 Å². The molecule has 0 amide bonds. The van der Waals surface area contributed by atoms with Gasteiger partial charge in [0.2, 0.25) is 0 Å². The summed E-state index contributed by atoms with van der Waals surface area (Å²) in [4.78, 5) is 25.1. The number of carbonyl (C=O) groups is 2. The summed E-state index contributed by atoms with van der Waals surface area (Å²) < 4.78 is 0. The molecule has 0 aliphatic carbocycles. The Kier molecular flexibility index (Phi) is 6.65. The summed E-state index contributed by atoms with van der Waals surface area (Å²) in [7, 11) is 0. The molecule has 0 heterocycles. The molecule has 3 rings (SSSR count). The van der Waals surface area contributed by atoms with Crippen LogP contribution in [0.1, 0.15) is 67.9 Å². The molecule has 0 aromatic heterocycles. The second-order valence-electron chi connectivity index (χ2n) is 8.94. The van der Waals surface area contributed by atoms with Gasteiger partial charge in [-0.25, -0.2) is 9.59 Å². The van der Waals surface area contributed by atoms with E-state index in [0.717, 1.165) is 44.5 Å². The number of rotatable bonds is 6. The van der Waals surface area contributed by atoms with Gasteiger partial charge in [-0.15, -0.1) is 0 Å². The molecule has 0 fully saturated rings. The fourth-order valence-electron chi connectivity index (χ4n) is 4.67. The zero-order chi connectivity index (χ0) is 25.5. The Bertz CT molecular complexity index is 1390. The van der Waals surface area contributed by atoms with Gasteiger partial charge < -0.3 is 10.2 Å². The van der Waals surface area contributed by atoms with E-state index < -0.39 is 11.9 Å². The smallest absolute Gasteiger partial charge is 0.336 e. The van der Waals surface area contributed by atoms with Gasteiger partial charge in [0.25, 0.3) is 0 Å². The van der Waals surface area contributed by atoms with Crippen LogP contribution < -0.4 is 0 Å². The van der Waals surface area contributed by atoms with Crippen molar-refractivity contribution in [2.24, 2.45) is 0 Å². The summed E-state index contributed by atoms with van der Waals surface area (Å²) in [5, 5.41) is 20.5. The van der Waals surface area contributed by atoms with E-state index in [4.69, 9.17) is 0 Å². The summed E-state index contributed by atoms with van der Waals surface area (Å²) in [5.41, 5.74) is 9.03. The standard InChI is InChI=1S/C30H30O4/c1-15(2)25-19(7)17(5)9-11-21(25)22-13-14-24(29(31)32)27(28(22)30(33)34)23-12-10-18(6)20(8)26(23)16(3)4/h9-14H,1,3H2,2,4-8H3,(H,31,32)(H,33,34). The van der Waals surface area contributed by atoms with Crippen LogP contribution in [0.15, 0.2) is 49.6 Å². The van der Waals surface area contributed by atoms with E-state index in [2.05, 4.69) is 13.2 Å². The molecule has 0 atom stereocenters. The predicted octanol–water partition coefficient (Wildman–Crippen LogP) is 7.72. The fraction of sp³-hybridized carbons (Fsp3) is 0.200. The molecule has 174 valence electrons. The van der Waals surface area contributed by atoms with Crippen molar-refractivity contribution in [3.63, 3.8) is 0 Å². The van der Waals surface area contributed by atoms with Gasteiger partial charge >= 0.3 is 11.9 Å². The summed E-state index contributed by atoms with van der Waals surface area (Å²) in [5.74, 6) is -2.37. The first-order chi connectivity index (χ1) is 15.9. The van der Waals surface area contributed by atoms with Gasteiger partial charge in [0.05, 0.1) is 11.1 Å². The molecule has 0 radical (unpaired) electrons. The molecule has 34 heavy (non-hydrogen) atoms. The minimum atomic E-state index is -1.19. The van der Waals surface area contributed by atoms with Gasteiger partial charge in [-0.2, -0.15) is 0 Å². The number of aromatic carboxylic acids is 2. The van der Waals surface area contributed by atoms with E-state index in [-0.39, 0.29) is 16.7 Å². The molecular formula is C30H30O4. The molecule has 4 nitrogen and oxygen atoms in total. The Labute approximate surface area is 200 Å². The Balaban J connectivity index is 2.60. The second-order valence-corrected chi connectivity index (χ2v) is 8.94. The second kappa shape index (κ2) is 9.14. The summed E-state index contributed by atoms with van der Waals surface area (Å²) in [6.07, 6.45) is 0. The van der Waals surface area contributed by atoms with Crippen molar-refractivity contribution in [3.05, 3.63) is 94.1 Å². The number of benzene rings is 3. The molecule has 0 aliphatic rings. The minimum Gasteiger partial charge on any atom is -0.478 e. The third-order valence-electron chi connectivity index (χ3n) is 6.53. The lowest BCUT2D eigenvalue weighted by Crippen LogP contribution is -2.11. The van der Waals surface area contributed by atoms with Crippen LogP contribution >= 0.6 is 0 Å². The average Bonchev–Trinajstić information content (AvgIpc) is 2.75. The number of hydrogen-bond donors (Lipinski definition) is 2. The SMILES string of the molecule is C=C(C)c1c(-c2ccc(C(=O)O)c(-c3ccc(C)c(C)c3C(=C)C)c2C(=O)O)ccc(C)c1C. The van der Waals surface area contributed by atoms with Gasteiger partial charge in [-0.1, -0.05) is 54.6 Å². The minimum absolute atomic E-state index is 0.0450. The first-order valence-corrected chi connectivity index (χ1v) is 11.0. The molecule has 0 spiro atoms. The first-order valence-electron chi connectivity index (χ1n) is 11.0. The maximum Gasteiger partial charge on any atom is 0.336 e. The lowest BCUT2D eigenvalue weighted by atomic mass is 9.81. The molecule has 0 saturated heterocycles. The van der Waals surface area contributed by atoms with Crippen LogP contribution in [0.4, 0.5) is 0 Å². The predicted molar refractivity (Wildman–Crippen MR) is 140 cm³/mol. The molecule has 3 aromatic rings. The van der Waals surface area contributed by atoms with Crippen LogP contribution in [0.3, 0.4) is 0 Å². The Hall–Kier alpha value is -3.92. The van der Waals surface area contributed by atoms with Crippen molar-refractivity contribution in [1.82, 2.24) is 0 Å². The number of allylic oxidation sites excluding steroid dienone is 2. The quantitative estimate of drug-likeness (QED) is 0.400. The number of aryl methyl sites for hydroxylation is 2. The van der Waals surface area contributed by atoms with Gasteiger partial charge in [0.1, 0.15) is 0 Å². The van der Waals surface area contributed by atoms with E-state index >= 15 is 0 Å². The van der Waals surface area contributed by atoms with E-state index in [1.165, 1.54) is 6.07 Å². The van der Waals surface area contributed by atoms with Crippen molar-refractivity contribution in [3.8, 4) is 22.3 Å². The number of hydrogen-bond acceptors (Lipinski definition) is 2. The van der Waals surface area contributed by atoms with Crippen LogP contribution in [-0.2, 0) is 0 Å². The fourth-order valence-corrected chi connectivity index (χ4v) is 4.67. The van der Waals surface area contributed by atoms with Crippen LogP contribution in [0.25, 0.3) is 33.4 Å². The Morgan fingerprint density at radius 2 is 1.03 bits per heavy atom. The van der Waals surface area contributed by atoms with Crippen LogP contribution in [-0.4, -0.2) is 22.2 Å². The highest BCUT2D eigenvalue weighted by molar-refractivity contribution is 6.11. The number of carboxylic acid groups (broad SMARTS) is 2. The third-order valence-corrected chi connectivity index (χ3v) is 6.53. The van der Waals surface area contributed by atoms with E-state index in [1.807, 2.05) is 59.7 Å². The molecule has 0 bridgehead atoms. The summed E-state index contributed by atoms with van der Waals surface area (Å²) >= 11 is 0. The largest absolute Gasteiger partial charge is 0.478 e. The van der Waals surface area contributed by atoms with Crippen molar-refractivity contribution in [2.75, 3.05) is 0 Å². The third kappa shape index (κ3) is 4.08. The highest BCUT2D eigenvalue weighted by Gasteiger charge is 2.28. The maximum absolute atomic E-state index is 12.8. The molecule has 2 N–H and O–H groups in total. The van der Waals surface area contributed by atoms with Crippen molar-refractivity contribution in [2.45, 2.75) is 41.5 Å². The van der Waals surface area contributed by atoms with Gasteiger partial charge in [0.15, 0.2) is 0 Å². The van der Waals surface area contributed by atoms with Crippen molar-refractivity contribution >= 4 is 23.1 Å².